The Kier molecular flexibility index (Phi) is 5.98. The maximum absolute atomic E-state index is 12.4. The summed E-state index contributed by atoms with van der Waals surface area (Å²) in [6, 6.07) is 6.71. The Labute approximate surface area is 168 Å². The van der Waals surface area contributed by atoms with Crippen LogP contribution in [0.2, 0.25) is 0 Å². The van der Waals surface area contributed by atoms with Crippen LogP contribution in [0.25, 0.3) is 0 Å². The van der Waals surface area contributed by atoms with E-state index in [1.165, 1.54) is 60.6 Å². The van der Waals surface area contributed by atoms with Crippen LogP contribution >= 0.6 is 23.1 Å². The number of aromatic nitrogens is 2. The first kappa shape index (κ1) is 18.7. The van der Waals surface area contributed by atoms with E-state index in [-0.39, 0.29) is 11.9 Å². The topological polar surface area (TPSA) is 58.1 Å². The van der Waals surface area contributed by atoms with Gasteiger partial charge in [-0.2, -0.15) is 0 Å². The van der Waals surface area contributed by atoms with Crippen molar-refractivity contribution < 1.29 is 4.79 Å². The molecule has 0 radical (unpaired) electrons. The molecule has 7 heteroatoms. The molecule has 0 spiro atoms. The average molecular weight is 403 g/mol. The monoisotopic (exact) mass is 402 g/mol. The number of rotatable bonds is 6. The molecular weight excluding hydrogens is 376 g/mol. The third-order valence-corrected chi connectivity index (χ3v) is 7.47. The highest BCUT2D eigenvalue weighted by Gasteiger charge is 2.18. The summed E-state index contributed by atoms with van der Waals surface area (Å²) in [6.07, 6.45) is 7.37. The standard InChI is InChI=1S/C20H26N4OS2/c1-14(16-9-8-15-6-2-3-7-17(15)12-16)21-18(25)13-26-20-23-22-19(27-20)24-10-4-5-11-24/h8-9,12,14H,2-7,10-11,13H2,1H3,(H,21,25). The molecule has 1 fully saturated rings. The van der Waals surface area contributed by atoms with Crippen molar-refractivity contribution in [2.75, 3.05) is 23.7 Å². The van der Waals surface area contributed by atoms with Crippen molar-refractivity contribution in [2.45, 2.75) is 55.8 Å². The number of hydrogen-bond donors (Lipinski definition) is 1. The number of fused-ring (bicyclic) bond motifs is 1. The van der Waals surface area contributed by atoms with Gasteiger partial charge in [0.05, 0.1) is 11.8 Å². The molecule has 1 saturated heterocycles. The molecule has 1 N–H and O–H groups in total. The SMILES string of the molecule is CC(NC(=O)CSc1nnc(N2CCCC2)s1)c1ccc2c(c1)CCCC2. The summed E-state index contributed by atoms with van der Waals surface area (Å²) in [6.45, 7) is 4.19. The van der Waals surface area contributed by atoms with E-state index in [4.69, 9.17) is 0 Å². The third kappa shape index (κ3) is 4.63. The molecule has 0 saturated carbocycles. The lowest BCUT2D eigenvalue weighted by molar-refractivity contribution is -0.119. The van der Waals surface area contributed by atoms with Gasteiger partial charge in [-0.05, 0) is 62.1 Å². The number of anilines is 1. The lowest BCUT2D eigenvalue weighted by Crippen LogP contribution is -2.28. The first-order valence-corrected chi connectivity index (χ1v) is 11.6. The largest absolute Gasteiger partial charge is 0.349 e. The van der Waals surface area contributed by atoms with Gasteiger partial charge >= 0.3 is 0 Å². The quantitative estimate of drug-likeness (QED) is 0.741. The molecule has 1 amide bonds. The number of carbonyl (C=O) groups excluding carboxylic acids is 1. The zero-order valence-corrected chi connectivity index (χ0v) is 17.4. The highest BCUT2D eigenvalue weighted by atomic mass is 32.2. The van der Waals surface area contributed by atoms with Crippen LogP contribution < -0.4 is 10.2 Å². The molecule has 5 nitrogen and oxygen atoms in total. The second-order valence-corrected chi connectivity index (χ2v) is 9.54. The number of nitrogens with zero attached hydrogens (tertiary/aromatic N) is 3. The smallest absolute Gasteiger partial charge is 0.230 e. The predicted molar refractivity (Wildman–Crippen MR) is 112 cm³/mol. The molecule has 4 rings (SSSR count). The zero-order chi connectivity index (χ0) is 18.6. The van der Waals surface area contributed by atoms with Gasteiger partial charge in [-0.25, -0.2) is 0 Å². The van der Waals surface area contributed by atoms with Crippen molar-refractivity contribution in [3.63, 3.8) is 0 Å². The Bertz CT molecular complexity index is 801. The van der Waals surface area contributed by atoms with Gasteiger partial charge in [0, 0.05) is 13.1 Å². The lowest BCUT2D eigenvalue weighted by atomic mass is 9.89. The molecule has 2 aromatic rings. The first-order chi connectivity index (χ1) is 13.2. The second-order valence-electron chi connectivity index (χ2n) is 7.36. The number of thioether (sulfide) groups is 1. The molecule has 0 bridgehead atoms. The molecule has 1 atom stereocenters. The number of aryl methyl sites for hydroxylation is 2. The Hall–Kier alpha value is -1.60. The van der Waals surface area contributed by atoms with Crippen LogP contribution in [0.1, 0.15) is 55.3 Å². The summed E-state index contributed by atoms with van der Waals surface area (Å²) in [5.74, 6) is 0.423. The highest BCUT2D eigenvalue weighted by molar-refractivity contribution is 8.01. The van der Waals surface area contributed by atoms with Gasteiger partial charge in [0.1, 0.15) is 0 Å². The molecule has 144 valence electrons. The van der Waals surface area contributed by atoms with Crippen molar-refractivity contribution in [2.24, 2.45) is 0 Å². The van der Waals surface area contributed by atoms with Crippen molar-refractivity contribution >= 4 is 34.1 Å². The van der Waals surface area contributed by atoms with Gasteiger partial charge < -0.3 is 10.2 Å². The van der Waals surface area contributed by atoms with Gasteiger partial charge in [-0.1, -0.05) is 41.3 Å². The summed E-state index contributed by atoms with van der Waals surface area (Å²) >= 11 is 3.06. The number of benzene rings is 1. The summed E-state index contributed by atoms with van der Waals surface area (Å²) < 4.78 is 0.869. The first-order valence-electron chi connectivity index (χ1n) is 9.81. The van der Waals surface area contributed by atoms with Crippen molar-refractivity contribution in [3.05, 3.63) is 34.9 Å². The van der Waals surface area contributed by atoms with E-state index in [0.29, 0.717) is 5.75 Å². The van der Waals surface area contributed by atoms with Gasteiger partial charge in [0.2, 0.25) is 11.0 Å². The van der Waals surface area contributed by atoms with Crippen molar-refractivity contribution in [1.82, 2.24) is 15.5 Å². The van der Waals surface area contributed by atoms with Crippen LogP contribution in [0.5, 0.6) is 0 Å². The Balaban J connectivity index is 1.29. The Morgan fingerprint density at radius 2 is 1.96 bits per heavy atom. The van der Waals surface area contributed by atoms with E-state index in [0.717, 1.165) is 29.0 Å². The number of carbonyl (C=O) groups is 1. The van der Waals surface area contributed by atoms with E-state index in [1.807, 2.05) is 0 Å². The number of hydrogen-bond acceptors (Lipinski definition) is 6. The molecule has 27 heavy (non-hydrogen) atoms. The summed E-state index contributed by atoms with van der Waals surface area (Å²) in [5.41, 5.74) is 4.13. The van der Waals surface area contributed by atoms with Crippen LogP contribution in [-0.2, 0) is 17.6 Å². The van der Waals surface area contributed by atoms with E-state index in [9.17, 15) is 4.79 Å². The molecule has 1 unspecified atom stereocenters. The molecule has 2 aliphatic rings. The third-order valence-electron chi connectivity index (χ3n) is 5.35. The van der Waals surface area contributed by atoms with E-state index >= 15 is 0 Å². The maximum Gasteiger partial charge on any atom is 0.230 e. The molecular formula is C20H26N4OS2. The van der Waals surface area contributed by atoms with Gasteiger partial charge in [-0.15, -0.1) is 10.2 Å². The normalized spacial score (nSPS) is 17.6. The molecule has 1 aromatic heterocycles. The van der Waals surface area contributed by atoms with Crippen LogP contribution in [-0.4, -0.2) is 34.9 Å². The summed E-state index contributed by atoms with van der Waals surface area (Å²) in [5, 5.41) is 12.6. The fourth-order valence-electron chi connectivity index (χ4n) is 3.81. The molecule has 1 aliphatic carbocycles. The van der Waals surface area contributed by atoms with Crippen molar-refractivity contribution in [3.8, 4) is 0 Å². The van der Waals surface area contributed by atoms with Gasteiger partial charge in [0.25, 0.3) is 0 Å². The van der Waals surface area contributed by atoms with Crippen molar-refractivity contribution in [1.29, 1.82) is 0 Å². The maximum atomic E-state index is 12.4. The average Bonchev–Trinajstić information content (AvgIpc) is 3.37. The molecule has 1 aromatic carbocycles. The second kappa shape index (κ2) is 8.61. The number of nitrogens with one attached hydrogen (secondary N) is 1. The van der Waals surface area contributed by atoms with Crippen LogP contribution in [0, 0.1) is 0 Å². The van der Waals surface area contributed by atoms with E-state index < -0.39 is 0 Å². The minimum atomic E-state index is 0.0277. The van der Waals surface area contributed by atoms with Crippen LogP contribution in [0.4, 0.5) is 5.13 Å². The van der Waals surface area contributed by atoms with E-state index in [2.05, 4.69) is 45.5 Å². The number of amides is 1. The zero-order valence-electron chi connectivity index (χ0n) is 15.7. The minimum Gasteiger partial charge on any atom is -0.349 e. The molecule has 1 aliphatic heterocycles. The van der Waals surface area contributed by atoms with Crippen LogP contribution in [0.15, 0.2) is 22.5 Å². The summed E-state index contributed by atoms with van der Waals surface area (Å²) in [4.78, 5) is 14.6. The fraction of sp³-hybridized carbons (Fsp3) is 0.550. The predicted octanol–water partition coefficient (Wildman–Crippen LogP) is 3.99. The highest BCUT2D eigenvalue weighted by Crippen LogP contribution is 2.30. The fourth-order valence-corrected chi connectivity index (χ4v) is 5.52. The van der Waals surface area contributed by atoms with Gasteiger partial charge in [0.15, 0.2) is 4.34 Å². The minimum absolute atomic E-state index is 0.0277. The lowest BCUT2D eigenvalue weighted by Gasteiger charge is -2.20. The van der Waals surface area contributed by atoms with Crippen LogP contribution in [0.3, 0.4) is 0 Å². The van der Waals surface area contributed by atoms with Gasteiger partial charge in [-0.3, -0.25) is 4.79 Å². The Morgan fingerprint density at radius 3 is 2.78 bits per heavy atom. The van der Waals surface area contributed by atoms with E-state index in [1.54, 1.807) is 11.3 Å². The Morgan fingerprint density at radius 1 is 1.19 bits per heavy atom. The summed E-state index contributed by atoms with van der Waals surface area (Å²) in [7, 11) is 0. The molecule has 2 heterocycles.